The van der Waals surface area contributed by atoms with Crippen molar-refractivity contribution in [1.82, 2.24) is 9.88 Å². The third-order valence-electron chi connectivity index (χ3n) is 5.12. The third kappa shape index (κ3) is 6.24. The standard InChI is InChI=1S/C22H23ClFN3O4S.ClH/c1-29-18-7-6-17(23)21-20(18)25-22(32-21)27(9-8-26-10-12-30-13-11-26)19(28)14-31-16-4-2-15(24)3-5-16;/h2-7H,8-14H2,1H3;1H. The second-order valence-electron chi connectivity index (χ2n) is 7.17. The van der Waals surface area contributed by atoms with Gasteiger partial charge >= 0.3 is 0 Å². The minimum Gasteiger partial charge on any atom is -0.494 e. The Morgan fingerprint density at radius 3 is 2.67 bits per heavy atom. The van der Waals surface area contributed by atoms with Crippen molar-refractivity contribution in [2.75, 3.05) is 58.0 Å². The van der Waals surface area contributed by atoms with E-state index in [0.717, 1.165) is 17.8 Å². The molecule has 2 aromatic carbocycles. The van der Waals surface area contributed by atoms with Crippen LogP contribution in [-0.4, -0.2) is 68.9 Å². The first kappa shape index (κ1) is 25.5. The van der Waals surface area contributed by atoms with Crippen molar-refractivity contribution in [2.24, 2.45) is 0 Å². The lowest BCUT2D eigenvalue weighted by Crippen LogP contribution is -2.44. The number of amides is 1. The summed E-state index contributed by atoms with van der Waals surface area (Å²) in [4.78, 5) is 21.7. The van der Waals surface area contributed by atoms with Gasteiger partial charge in [-0.3, -0.25) is 14.6 Å². The molecule has 0 radical (unpaired) electrons. The SMILES string of the molecule is COc1ccc(Cl)c2sc(N(CCN3CCOCC3)C(=O)COc3ccc(F)cc3)nc12.Cl. The Bertz CT molecular complexity index is 1080. The predicted molar refractivity (Wildman–Crippen MR) is 130 cm³/mol. The third-order valence-corrected chi connectivity index (χ3v) is 6.66. The van der Waals surface area contributed by atoms with E-state index in [4.69, 9.17) is 25.8 Å². The van der Waals surface area contributed by atoms with Crippen molar-refractivity contribution < 1.29 is 23.4 Å². The molecular formula is C22H24Cl2FN3O4S. The van der Waals surface area contributed by atoms with Gasteiger partial charge in [-0.15, -0.1) is 12.4 Å². The van der Waals surface area contributed by atoms with E-state index in [-0.39, 0.29) is 30.7 Å². The van der Waals surface area contributed by atoms with Crippen LogP contribution in [0.1, 0.15) is 0 Å². The Morgan fingerprint density at radius 1 is 1.24 bits per heavy atom. The highest BCUT2D eigenvalue weighted by Gasteiger charge is 2.24. The lowest BCUT2D eigenvalue weighted by molar-refractivity contribution is -0.120. The van der Waals surface area contributed by atoms with Crippen LogP contribution in [0.15, 0.2) is 36.4 Å². The second kappa shape index (κ2) is 11.8. The summed E-state index contributed by atoms with van der Waals surface area (Å²) in [6.07, 6.45) is 0. The molecule has 1 aliphatic rings. The van der Waals surface area contributed by atoms with Crippen LogP contribution in [0.5, 0.6) is 11.5 Å². The van der Waals surface area contributed by atoms with Gasteiger partial charge in [-0.25, -0.2) is 9.37 Å². The van der Waals surface area contributed by atoms with Gasteiger partial charge < -0.3 is 14.2 Å². The second-order valence-corrected chi connectivity index (χ2v) is 8.55. The zero-order chi connectivity index (χ0) is 22.5. The highest BCUT2D eigenvalue weighted by Crippen LogP contribution is 2.38. The number of ether oxygens (including phenoxy) is 3. The molecule has 1 aliphatic heterocycles. The van der Waals surface area contributed by atoms with Crippen LogP contribution in [0.3, 0.4) is 0 Å². The van der Waals surface area contributed by atoms with E-state index < -0.39 is 0 Å². The van der Waals surface area contributed by atoms with E-state index in [9.17, 15) is 9.18 Å². The van der Waals surface area contributed by atoms with Crippen LogP contribution in [-0.2, 0) is 9.53 Å². The molecule has 1 fully saturated rings. The van der Waals surface area contributed by atoms with Gasteiger partial charge in [0, 0.05) is 26.2 Å². The highest BCUT2D eigenvalue weighted by molar-refractivity contribution is 7.23. The Labute approximate surface area is 206 Å². The average Bonchev–Trinajstić information content (AvgIpc) is 3.26. The molecule has 2 heterocycles. The number of fused-ring (bicyclic) bond motifs is 1. The van der Waals surface area contributed by atoms with Crippen molar-refractivity contribution in [3.63, 3.8) is 0 Å². The Balaban J connectivity index is 0.00000306. The topological polar surface area (TPSA) is 64.1 Å². The normalized spacial score (nSPS) is 14.0. The summed E-state index contributed by atoms with van der Waals surface area (Å²) in [6, 6.07) is 9.07. The van der Waals surface area contributed by atoms with Gasteiger partial charge in [0.2, 0.25) is 0 Å². The van der Waals surface area contributed by atoms with Crippen LogP contribution in [0.4, 0.5) is 9.52 Å². The summed E-state index contributed by atoms with van der Waals surface area (Å²) >= 11 is 7.70. The van der Waals surface area contributed by atoms with Crippen LogP contribution in [0.2, 0.25) is 5.02 Å². The van der Waals surface area contributed by atoms with Crippen molar-refractivity contribution in [3.8, 4) is 11.5 Å². The summed E-state index contributed by atoms with van der Waals surface area (Å²) in [6.45, 7) is 3.89. The van der Waals surface area contributed by atoms with Gasteiger partial charge in [0.05, 0.1) is 30.0 Å². The number of hydrogen-bond acceptors (Lipinski definition) is 7. The van der Waals surface area contributed by atoms with E-state index >= 15 is 0 Å². The fraction of sp³-hybridized carbons (Fsp3) is 0.364. The van der Waals surface area contributed by atoms with Gasteiger partial charge in [0.1, 0.15) is 22.8 Å². The van der Waals surface area contributed by atoms with Crippen LogP contribution in [0.25, 0.3) is 10.2 Å². The number of benzene rings is 2. The van der Waals surface area contributed by atoms with Gasteiger partial charge in [0.25, 0.3) is 5.91 Å². The number of aromatic nitrogens is 1. The minimum atomic E-state index is -0.365. The molecule has 11 heteroatoms. The number of rotatable bonds is 8. The average molecular weight is 516 g/mol. The Hall–Kier alpha value is -2.17. The Kier molecular flexibility index (Phi) is 9.10. The molecule has 3 aromatic rings. The van der Waals surface area contributed by atoms with E-state index in [1.807, 2.05) is 0 Å². The number of anilines is 1. The van der Waals surface area contributed by atoms with Gasteiger partial charge in [-0.2, -0.15) is 0 Å². The first-order valence-corrected chi connectivity index (χ1v) is 11.4. The van der Waals surface area contributed by atoms with Gasteiger partial charge in [-0.05, 0) is 36.4 Å². The number of nitrogens with zero attached hydrogens (tertiary/aromatic N) is 3. The molecule has 0 bridgehead atoms. The van der Waals surface area contributed by atoms with Crippen molar-refractivity contribution in [2.45, 2.75) is 0 Å². The lowest BCUT2D eigenvalue weighted by atomic mass is 10.3. The van der Waals surface area contributed by atoms with E-state index in [1.54, 1.807) is 24.1 Å². The zero-order valence-corrected chi connectivity index (χ0v) is 20.3. The van der Waals surface area contributed by atoms with Crippen molar-refractivity contribution in [1.29, 1.82) is 0 Å². The molecule has 0 atom stereocenters. The van der Waals surface area contributed by atoms with Gasteiger partial charge in [-0.1, -0.05) is 22.9 Å². The molecule has 7 nitrogen and oxygen atoms in total. The summed E-state index contributed by atoms with van der Waals surface area (Å²) in [5.41, 5.74) is 0.614. The van der Waals surface area contributed by atoms with Crippen LogP contribution >= 0.6 is 35.3 Å². The number of methoxy groups -OCH3 is 1. The minimum absolute atomic E-state index is 0. The fourth-order valence-electron chi connectivity index (χ4n) is 3.37. The molecule has 1 aromatic heterocycles. The summed E-state index contributed by atoms with van der Waals surface area (Å²) in [5.74, 6) is 0.393. The lowest BCUT2D eigenvalue weighted by Gasteiger charge is -2.29. The summed E-state index contributed by atoms with van der Waals surface area (Å²) in [7, 11) is 1.57. The number of thiazole rings is 1. The Morgan fingerprint density at radius 2 is 1.97 bits per heavy atom. The van der Waals surface area contributed by atoms with E-state index in [0.29, 0.717) is 53.5 Å². The molecule has 178 valence electrons. The first-order valence-electron chi connectivity index (χ1n) is 10.2. The molecule has 0 unspecified atom stereocenters. The molecule has 0 spiro atoms. The predicted octanol–water partition coefficient (Wildman–Crippen LogP) is 4.26. The smallest absolute Gasteiger partial charge is 0.266 e. The molecular weight excluding hydrogens is 492 g/mol. The first-order chi connectivity index (χ1) is 15.5. The zero-order valence-electron chi connectivity index (χ0n) is 18.0. The van der Waals surface area contributed by atoms with Crippen molar-refractivity contribution >= 4 is 56.6 Å². The van der Waals surface area contributed by atoms with Gasteiger partial charge in [0.15, 0.2) is 11.7 Å². The molecule has 0 saturated carbocycles. The van der Waals surface area contributed by atoms with Crippen molar-refractivity contribution in [3.05, 3.63) is 47.2 Å². The number of hydrogen-bond donors (Lipinski definition) is 0. The number of halogens is 3. The maximum atomic E-state index is 13.2. The molecule has 1 amide bonds. The molecule has 4 rings (SSSR count). The number of carbonyl (C=O) groups is 1. The number of morpholine rings is 1. The summed E-state index contributed by atoms with van der Waals surface area (Å²) in [5, 5.41) is 1.07. The summed E-state index contributed by atoms with van der Waals surface area (Å²) < 4.78 is 30.3. The largest absolute Gasteiger partial charge is 0.494 e. The van der Waals surface area contributed by atoms with Crippen LogP contribution < -0.4 is 14.4 Å². The fourth-order valence-corrected chi connectivity index (χ4v) is 4.67. The van der Waals surface area contributed by atoms with Crippen LogP contribution in [0, 0.1) is 5.82 Å². The van der Waals surface area contributed by atoms with E-state index in [1.165, 1.54) is 35.6 Å². The number of carbonyl (C=O) groups excluding carboxylic acids is 1. The molecule has 0 N–H and O–H groups in total. The maximum Gasteiger partial charge on any atom is 0.266 e. The highest BCUT2D eigenvalue weighted by atomic mass is 35.5. The molecule has 33 heavy (non-hydrogen) atoms. The monoisotopic (exact) mass is 515 g/mol. The quantitative estimate of drug-likeness (QED) is 0.446. The van der Waals surface area contributed by atoms with E-state index in [2.05, 4.69) is 9.88 Å². The molecule has 0 aliphatic carbocycles. The maximum absolute atomic E-state index is 13.2. The molecule has 1 saturated heterocycles.